The van der Waals surface area contributed by atoms with Gasteiger partial charge in [-0.15, -0.1) is 0 Å². The number of benzene rings is 14. The lowest BCUT2D eigenvalue weighted by molar-refractivity contribution is 0.607. The van der Waals surface area contributed by atoms with Gasteiger partial charge in [-0.1, -0.05) is 279 Å². The van der Waals surface area contributed by atoms with Crippen molar-refractivity contribution in [3.63, 3.8) is 0 Å². The van der Waals surface area contributed by atoms with Crippen LogP contribution in [0.1, 0.15) is 113 Å². The van der Waals surface area contributed by atoms with Gasteiger partial charge in [-0.3, -0.25) is 0 Å². The van der Waals surface area contributed by atoms with E-state index in [1.165, 1.54) is 138 Å². The third-order valence-corrected chi connectivity index (χ3v) is 23.7. The van der Waals surface area contributed by atoms with Crippen LogP contribution in [0.5, 0.6) is 0 Å². The van der Waals surface area contributed by atoms with Crippen molar-refractivity contribution in [2.45, 2.75) is 89.9 Å². The summed E-state index contributed by atoms with van der Waals surface area (Å²) in [7, 11) is 0. The van der Waals surface area contributed by atoms with Crippen LogP contribution in [0, 0.1) is 0 Å². The molecule has 14 aromatic carbocycles. The van der Waals surface area contributed by atoms with Crippen molar-refractivity contribution in [1.82, 2.24) is 0 Å². The monoisotopic (exact) mass is 1280 g/mol. The fraction of sp³-hybridized carbons (Fsp3) is 0.143. The Balaban J connectivity index is 0.895. The van der Waals surface area contributed by atoms with Crippen molar-refractivity contribution in [2.24, 2.45) is 0 Å². The second-order valence-electron chi connectivity index (χ2n) is 30.7. The van der Waals surface area contributed by atoms with E-state index in [1.807, 2.05) is 0 Å². The van der Waals surface area contributed by atoms with E-state index < -0.39 is 0 Å². The zero-order valence-corrected chi connectivity index (χ0v) is 58.2. The second-order valence-corrected chi connectivity index (χ2v) is 30.7. The van der Waals surface area contributed by atoms with Gasteiger partial charge in [-0.2, -0.15) is 0 Å². The van der Waals surface area contributed by atoms with E-state index in [0.717, 1.165) is 58.1 Å². The number of allylic oxidation sites excluding steroid dienone is 4. The van der Waals surface area contributed by atoms with Crippen LogP contribution < -0.4 is 9.80 Å². The molecular weight excluding hydrogens is 1210 g/mol. The summed E-state index contributed by atoms with van der Waals surface area (Å²) >= 11 is 0. The molecule has 0 radical (unpaired) electrons. The normalized spacial score (nSPS) is 15.6. The second kappa shape index (κ2) is 22.1. The minimum atomic E-state index is -0.208. The molecule has 0 fully saturated rings. The number of rotatable bonds is 10. The number of anilines is 6. The Morgan fingerprint density at radius 3 is 0.970 bits per heavy atom. The third-order valence-electron chi connectivity index (χ3n) is 23.7. The number of hydrogen-bond donors (Lipinski definition) is 0. The first-order valence-electron chi connectivity index (χ1n) is 35.8. The van der Waals surface area contributed by atoms with Crippen LogP contribution in [0.25, 0.3) is 105 Å². The molecule has 0 saturated carbocycles. The fourth-order valence-corrected chi connectivity index (χ4v) is 18.6. The van der Waals surface area contributed by atoms with Crippen molar-refractivity contribution in [2.75, 3.05) is 9.80 Å². The standard InChI is InChI=1S/C98H78N2/c1-95(2)85-37-19-15-33-73(85)77-47-41-69(57-89(77)95)99(70-42-48-78-74-34-16-20-38-86(74)96(3,4)90(78)58-70)67-45-51-81-83(55-67)93(65-31-23-29-63(53-65)61-25-11-9-12-26-61)82-52-46-68(56-84(82)94(81)66-32-24-30-64(54-66)62-27-13-10-14-28-62)100(71-43-49-79-75-35-17-21-39-87(75)97(5,6)91(79)59-71)72-44-50-80-76-36-18-22-40-88(76)98(7,8)92(80)60-72/h9-21,23-39,41-60H,22,40H2,1-8H3. The van der Waals surface area contributed by atoms with Crippen molar-refractivity contribution in [3.05, 3.63) is 353 Å². The predicted octanol–water partition coefficient (Wildman–Crippen LogP) is 26.9. The summed E-state index contributed by atoms with van der Waals surface area (Å²) in [5.74, 6) is 0. The van der Waals surface area contributed by atoms with Gasteiger partial charge in [0.15, 0.2) is 0 Å². The first kappa shape index (κ1) is 59.9. The SMILES string of the molecule is CC1(C)C2=C(C=CCC2)c2ccc(N(c3ccc4c(c3)C(C)(C)c3ccccc3-4)c3ccc4c(-c5cccc(-c6ccccc6)c5)c5cc(N(c6ccc7c(c6)C(C)(C)c6ccccc6-7)c6ccc7c(c6)C(C)(C)c6ccccc6-7)ccc5c(-c5cccc(-c6ccccc6)c5)c4c3)cc21. The molecule has 0 N–H and O–H groups in total. The highest BCUT2D eigenvalue weighted by atomic mass is 15.1. The molecule has 0 atom stereocenters. The lowest BCUT2D eigenvalue weighted by atomic mass is 9.78. The molecule has 0 bridgehead atoms. The molecule has 5 aliphatic rings. The van der Waals surface area contributed by atoms with Gasteiger partial charge >= 0.3 is 0 Å². The maximum Gasteiger partial charge on any atom is 0.0468 e. The summed E-state index contributed by atoms with van der Waals surface area (Å²) in [5.41, 5.74) is 37.1. The van der Waals surface area contributed by atoms with Crippen LogP contribution in [0.15, 0.2) is 309 Å². The van der Waals surface area contributed by atoms with Gasteiger partial charge in [-0.05, 0) is 247 Å². The van der Waals surface area contributed by atoms with E-state index in [1.54, 1.807) is 5.57 Å². The first-order chi connectivity index (χ1) is 48.6. The lowest BCUT2D eigenvalue weighted by Gasteiger charge is -2.31. The molecule has 0 amide bonds. The maximum atomic E-state index is 2.57. The molecule has 0 saturated heterocycles. The molecule has 0 aliphatic heterocycles. The summed E-state index contributed by atoms with van der Waals surface area (Å²) in [6, 6.07) is 111. The Bertz CT molecular complexity index is 5740. The van der Waals surface area contributed by atoms with Crippen LogP contribution in [0.4, 0.5) is 34.1 Å². The third kappa shape index (κ3) is 8.95. The van der Waals surface area contributed by atoms with Gasteiger partial charge in [0.25, 0.3) is 0 Å². The summed E-state index contributed by atoms with van der Waals surface area (Å²) in [6.07, 6.45) is 6.92. The molecule has 100 heavy (non-hydrogen) atoms. The predicted molar refractivity (Wildman–Crippen MR) is 424 cm³/mol. The molecule has 19 rings (SSSR count). The highest BCUT2D eigenvalue weighted by Crippen LogP contribution is 2.58. The molecule has 0 aromatic heterocycles. The topological polar surface area (TPSA) is 6.48 Å². The quantitative estimate of drug-likeness (QED) is 0.126. The van der Waals surface area contributed by atoms with Gasteiger partial charge in [0.2, 0.25) is 0 Å². The van der Waals surface area contributed by atoms with E-state index in [0.29, 0.717) is 0 Å². The fourth-order valence-electron chi connectivity index (χ4n) is 18.6. The Morgan fingerprint density at radius 2 is 0.560 bits per heavy atom. The van der Waals surface area contributed by atoms with E-state index >= 15 is 0 Å². The number of fused-ring (bicyclic) bond motifs is 13. The highest BCUT2D eigenvalue weighted by molar-refractivity contribution is 6.23. The average Bonchev–Trinajstić information content (AvgIpc) is 1.21. The molecule has 2 heteroatoms. The number of hydrogen-bond acceptors (Lipinski definition) is 2. The van der Waals surface area contributed by atoms with Crippen molar-refractivity contribution < 1.29 is 0 Å². The van der Waals surface area contributed by atoms with Gasteiger partial charge < -0.3 is 9.80 Å². The van der Waals surface area contributed by atoms with Gasteiger partial charge in [0.05, 0.1) is 0 Å². The summed E-state index contributed by atoms with van der Waals surface area (Å²) in [6.45, 7) is 19.3. The minimum absolute atomic E-state index is 0.124. The van der Waals surface area contributed by atoms with Crippen molar-refractivity contribution >= 4 is 61.2 Å². The minimum Gasteiger partial charge on any atom is -0.310 e. The summed E-state index contributed by atoms with van der Waals surface area (Å²) in [5, 5.41) is 4.73. The van der Waals surface area contributed by atoms with Crippen LogP contribution in [0.2, 0.25) is 0 Å². The van der Waals surface area contributed by atoms with Gasteiger partial charge in [0.1, 0.15) is 0 Å². The van der Waals surface area contributed by atoms with Crippen LogP contribution in [-0.2, 0) is 21.7 Å². The number of nitrogens with zero attached hydrogens (tertiary/aromatic N) is 2. The van der Waals surface area contributed by atoms with Crippen LogP contribution in [0.3, 0.4) is 0 Å². The van der Waals surface area contributed by atoms with E-state index in [9.17, 15) is 0 Å². The van der Waals surface area contributed by atoms with Gasteiger partial charge in [-0.25, -0.2) is 0 Å². The van der Waals surface area contributed by atoms with E-state index in [4.69, 9.17) is 0 Å². The Kier molecular flexibility index (Phi) is 13.2. The Morgan fingerprint density at radius 1 is 0.240 bits per heavy atom. The van der Waals surface area contributed by atoms with E-state index in [2.05, 4.69) is 369 Å². The highest BCUT2D eigenvalue weighted by Gasteiger charge is 2.41. The van der Waals surface area contributed by atoms with Gasteiger partial charge in [0, 0.05) is 55.8 Å². The summed E-state index contributed by atoms with van der Waals surface area (Å²) < 4.78 is 0. The van der Waals surface area contributed by atoms with Crippen molar-refractivity contribution in [3.8, 4) is 77.9 Å². The molecule has 0 unspecified atom stereocenters. The van der Waals surface area contributed by atoms with Crippen LogP contribution >= 0.6 is 0 Å². The average molecular weight is 1280 g/mol. The molecule has 480 valence electrons. The smallest absolute Gasteiger partial charge is 0.0468 e. The molecule has 0 heterocycles. The molecular formula is C98H78N2. The van der Waals surface area contributed by atoms with E-state index in [-0.39, 0.29) is 21.7 Å². The largest absolute Gasteiger partial charge is 0.310 e. The zero-order chi connectivity index (χ0) is 67.6. The molecule has 0 spiro atoms. The maximum absolute atomic E-state index is 2.57. The zero-order valence-electron chi connectivity index (χ0n) is 58.2. The summed E-state index contributed by atoms with van der Waals surface area (Å²) in [4.78, 5) is 5.12. The molecule has 14 aromatic rings. The Hall–Kier alpha value is -11.3. The molecule has 5 aliphatic carbocycles. The molecule has 2 nitrogen and oxygen atoms in total. The lowest BCUT2D eigenvalue weighted by Crippen LogP contribution is -2.19. The Labute approximate surface area is 588 Å². The van der Waals surface area contributed by atoms with Crippen molar-refractivity contribution in [1.29, 1.82) is 0 Å². The van der Waals surface area contributed by atoms with Crippen LogP contribution in [-0.4, -0.2) is 0 Å². The first-order valence-corrected chi connectivity index (χ1v) is 35.8.